The van der Waals surface area contributed by atoms with Gasteiger partial charge >= 0.3 is 19.8 Å². The van der Waals surface area contributed by atoms with E-state index in [1.54, 1.807) is 0 Å². The van der Waals surface area contributed by atoms with Crippen LogP contribution >= 0.6 is 7.82 Å². The highest BCUT2D eigenvalue weighted by molar-refractivity contribution is 7.47. The molecule has 0 rings (SSSR count). The van der Waals surface area contributed by atoms with Crippen molar-refractivity contribution in [1.82, 2.24) is 0 Å². The lowest BCUT2D eigenvalue weighted by Gasteiger charge is -2.24. The van der Waals surface area contributed by atoms with Gasteiger partial charge < -0.3 is 18.9 Å². The molecule has 2 atom stereocenters. The molecule has 10 heteroatoms. The van der Waals surface area contributed by atoms with E-state index < -0.39 is 26.5 Å². The Kier molecular flexibility index (Phi) is 66.4. The molecule has 0 aliphatic heterocycles. The van der Waals surface area contributed by atoms with Gasteiger partial charge in [0.05, 0.1) is 27.7 Å². The number of carbonyl (C=O) groups excluding carboxylic acids is 2. The normalized spacial score (nSPS) is 13.6. The molecule has 0 bridgehead atoms. The molecule has 0 amide bonds. The fourth-order valence-corrected chi connectivity index (χ4v) is 11.5. The van der Waals surface area contributed by atoms with Crippen molar-refractivity contribution >= 4 is 19.8 Å². The second kappa shape index (κ2) is 68.6. The number of rotatable bonds is 69. The first-order valence-corrected chi connectivity index (χ1v) is 38.8. The van der Waals surface area contributed by atoms with Crippen LogP contribution in [0, 0.1) is 0 Å². The Morgan fingerprint density at radius 3 is 0.966 bits per heavy atom. The van der Waals surface area contributed by atoms with Crippen LogP contribution in [-0.4, -0.2) is 74.9 Å². The van der Waals surface area contributed by atoms with E-state index in [2.05, 4.69) is 98.9 Å². The van der Waals surface area contributed by atoms with Gasteiger partial charge in [0.1, 0.15) is 19.8 Å². The lowest BCUT2D eigenvalue weighted by atomic mass is 10.0. The number of esters is 2. The minimum Gasteiger partial charge on any atom is -0.462 e. The molecule has 0 aromatic carbocycles. The van der Waals surface area contributed by atoms with Gasteiger partial charge in [-0.2, -0.15) is 0 Å². The van der Waals surface area contributed by atoms with E-state index in [0.29, 0.717) is 23.9 Å². The quantitative estimate of drug-likeness (QED) is 0.0211. The molecule has 0 fully saturated rings. The van der Waals surface area contributed by atoms with Crippen molar-refractivity contribution in [3.63, 3.8) is 0 Å². The molecule has 0 radical (unpaired) electrons. The summed E-state index contributed by atoms with van der Waals surface area (Å²) in [7, 11) is 1.49. The molecule has 0 aromatic heterocycles. The molecule has 0 aliphatic rings. The maximum Gasteiger partial charge on any atom is 0.472 e. The van der Waals surface area contributed by atoms with E-state index in [-0.39, 0.29) is 25.6 Å². The third-order valence-electron chi connectivity index (χ3n) is 16.4. The fourth-order valence-electron chi connectivity index (χ4n) is 10.7. The maximum atomic E-state index is 12.9. The van der Waals surface area contributed by atoms with Crippen LogP contribution in [0.1, 0.15) is 348 Å². The summed E-state index contributed by atoms with van der Waals surface area (Å²) in [4.78, 5) is 35.9. The number of hydrogen-bond donors (Lipinski definition) is 1. The van der Waals surface area contributed by atoms with Gasteiger partial charge in [-0.1, -0.05) is 330 Å². The van der Waals surface area contributed by atoms with E-state index in [1.807, 2.05) is 21.1 Å². The van der Waals surface area contributed by atoms with E-state index in [9.17, 15) is 19.0 Å². The molecule has 1 N–H and O–H groups in total. The molecule has 88 heavy (non-hydrogen) atoms. The minimum absolute atomic E-state index is 0.0316. The molecule has 0 aromatic rings. The standard InChI is InChI=1S/C78H142NO8P/c1-6-8-10-12-14-16-18-20-22-24-26-28-30-32-34-36-38-39-41-42-44-46-48-50-52-54-56-58-60-62-64-66-68-70-77(80)84-74-76(75-86-88(82,83)85-73-72-79(3,4)5)87-78(81)71-69-67-65-63-61-59-57-55-53-51-49-47-45-43-40-37-35-33-31-29-27-25-23-21-19-17-15-13-11-9-7-2/h9,11,15,17-18,20-21,23-24,26-27,29-30,32,76H,6-8,10,12-14,16,19,22,25,28,31,33-75H2,1-5H3/p+1/b11-9-,17-15-,20-18-,23-21-,26-24-,29-27-,32-30-. The summed E-state index contributed by atoms with van der Waals surface area (Å²) in [6.45, 7) is 4.36. The number of ether oxygens (including phenoxy) is 2. The first kappa shape index (κ1) is 85.2. The highest BCUT2D eigenvalue weighted by atomic mass is 31.2. The first-order valence-electron chi connectivity index (χ1n) is 37.3. The van der Waals surface area contributed by atoms with Crippen molar-refractivity contribution in [3.8, 4) is 0 Å². The highest BCUT2D eigenvalue weighted by Crippen LogP contribution is 2.43. The zero-order chi connectivity index (χ0) is 64.1. The van der Waals surface area contributed by atoms with E-state index in [4.69, 9.17) is 18.5 Å². The summed E-state index contributed by atoms with van der Waals surface area (Å²) in [6, 6.07) is 0. The zero-order valence-electron chi connectivity index (χ0n) is 58.5. The summed E-state index contributed by atoms with van der Waals surface area (Å²) >= 11 is 0. The van der Waals surface area contributed by atoms with Crippen molar-refractivity contribution in [3.05, 3.63) is 85.1 Å². The van der Waals surface area contributed by atoms with Crippen LogP contribution in [0.2, 0.25) is 0 Å². The predicted octanol–water partition coefficient (Wildman–Crippen LogP) is 24.5. The number of quaternary nitrogens is 1. The maximum absolute atomic E-state index is 12.9. The van der Waals surface area contributed by atoms with Gasteiger partial charge in [0.15, 0.2) is 6.10 Å². The van der Waals surface area contributed by atoms with Gasteiger partial charge in [-0.15, -0.1) is 0 Å². The lowest BCUT2D eigenvalue weighted by molar-refractivity contribution is -0.870. The number of likely N-dealkylation sites (N-methyl/N-ethyl adjacent to an activating group) is 1. The number of phosphoric acid groups is 1. The number of unbranched alkanes of at least 4 members (excludes halogenated alkanes) is 41. The summed E-state index contributed by atoms with van der Waals surface area (Å²) in [5.41, 5.74) is 0. The van der Waals surface area contributed by atoms with Gasteiger partial charge in [0.25, 0.3) is 0 Å². The number of allylic oxidation sites excluding steroid dienone is 14. The summed E-state index contributed by atoms with van der Waals surface area (Å²) in [5.74, 6) is -0.782. The van der Waals surface area contributed by atoms with Gasteiger partial charge in [0.2, 0.25) is 0 Å². The van der Waals surface area contributed by atoms with Crippen LogP contribution in [0.3, 0.4) is 0 Å². The zero-order valence-corrected chi connectivity index (χ0v) is 59.4. The van der Waals surface area contributed by atoms with Crippen LogP contribution in [0.25, 0.3) is 0 Å². The van der Waals surface area contributed by atoms with Crippen molar-refractivity contribution < 1.29 is 42.1 Å². The van der Waals surface area contributed by atoms with E-state index in [0.717, 1.165) is 70.6 Å². The Morgan fingerprint density at radius 2 is 0.648 bits per heavy atom. The Bertz CT molecular complexity index is 1760. The number of hydrogen-bond acceptors (Lipinski definition) is 7. The first-order chi connectivity index (χ1) is 43.0. The third kappa shape index (κ3) is 72.3. The third-order valence-corrected chi connectivity index (χ3v) is 17.4. The Hall–Kier alpha value is -2.81. The number of nitrogens with zero attached hydrogens (tertiary/aromatic N) is 1. The van der Waals surface area contributed by atoms with Crippen molar-refractivity contribution in [2.24, 2.45) is 0 Å². The number of phosphoric ester groups is 1. The molecule has 9 nitrogen and oxygen atoms in total. The average Bonchev–Trinajstić information content (AvgIpc) is 3.68. The van der Waals surface area contributed by atoms with Gasteiger partial charge in [-0.3, -0.25) is 18.6 Å². The van der Waals surface area contributed by atoms with E-state index in [1.165, 1.54) is 244 Å². The lowest BCUT2D eigenvalue weighted by Crippen LogP contribution is -2.37. The van der Waals surface area contributed by atoms with Gasteiger partial charge in [-0.05, 0) is 89.9 Å². The molecule has 512 valence electrons. The number of carbonyl (C=O) groups is 2. The van der Waals surface area contributed by atoms with Crippen molar-refractivity contribution in [1.29, 1.82) is 0 Å². The summed E-state index contributed by atoms with van der Waals surface area (Å²) < 4.78 is 34.8. The molecular formula is C78H143NO8P+. The smallest absolute Gasteiger partial charge is 0.462 e. The summed E-state index contributed by atoms with van der Waals surface area (Å²) in [5, 5.41) is 0. The average molecular weight is 1250 g/mol. The second-order valence-electron chi connectivity index (χ2n) is 26.3. The highest BCUT2D eigenvalue weighted by Gasteiger charge is 2.27. The molecule has 0 heterocycles. The van der Waals surface area contributed by atoms with E-state index >= 15 is 0 Å². The Morgan fingerprint density at radius 1 is 0.364 bits per heavy atom. The molecule has 2 unspecified atom stereocenters. The van der Waals surface area contributed by atoms with Crippen molar-refractivity contribution in [2.45, 2.75) is 354 Å². The Labute approximate surface area is 545 Å². The SMILES string of the molecule is CC/C=C\C/C=C\C/C=C\C/C=C\CCCCCCCCCCCCCCCCCCCCC(=O)OC(COC(=O)CCCCCCCCCCCCCCCCCCCC/C=C\C/C=C\C/C=C\CCCCCCC)COP(=O)(O)OCC[N+](C)(C)C. The minimum atomic E-state index is -4.39. The fraction of sp³-hybridized carbons (Fsp3) is 0.795. The molecule has 0 saturated heterocycles. The van der Waals surface area contributed by atoms with Crippen LogP contribution < -0.4 is 0 Å². The molecule has 0 aliphatic carbocycles. The monoisotopic (exact) mass is 1250 g/mol. The molecule has 0 spiro atoms. The largest absolute Gasteiger partial charge is 0.472 e. The van der Waals surface area contributed by atoms with Crippen LogP contribution in [0.15, 0.2) is 85.1 Å². The van der Waals surface area contributed by atoms with Gasteiger partial charge in [-0.25, -0.2) is 4.57 Å². The van der Waals surface area contributed by atoms with Crippen LogP contribution in [-0.2, 0) is 32.7 Å². The topological polar surface area (TPSA) is 108 Å². The van der Waals surface area contributed by atoms with Crippen LogP contribution in [0.5, 0.6) is 0 Å². The Balaban J connectivity index is 3.98. The predicted molar refractivity (Wildman–Crippen MR) is 381 cm³/mol. The van der Waals surface area contributed by atoms with Crippen molar-refractivity contribution in [2.75, 3.05) is 47.5 Å². The summed E-state index contributed by atoms with van der Waals surface area (Å²) in [6.07, 6.45) is 94.2. The molecule has 0 saturated carbocycles. The van der Waals surface area contributed by atoms with Gasteiger partial charge in [0, 0.05) is 12.8 Å². The second-order valence-corrected chi connectivity index (χ2v) is 27.8. The molecular weight excluding hydrogens is 1110 g/mol. The van der Waals surface area contributed by atoms with Crippen LogP contribution in [0.4, 0.5) is 0 Å².